The molecule has 2 saturated heterocycles. The summed E-state index contributed by atoms with van der Waals surface area (Å²) in [6.45, 7) is 5.91. The molecule has 2 aromatic heterocycles. The van der Waals surface area contributed by atoms with E-state index < -0.39 is 5.79 Å². The molecular formula is C35H35ClN6O5. The van der Waals surface area contributed by atoms with E-state index in [1.54, 1.807) is 18.3 Å². The summed E-state index contributed by atoms with van der Waals surface area (Å²) in [6.07, 6.45) is 4.11. The molecule has 3 atom stereocenters. The van der Waals surface area contributed by atoms with E-state index in [9.17, 15) is 10.1 Å². The van der Waals surface area contributed by atoms with Crippen LogP contribution in [0.5, 0.6) is 11.5 Å². The molecule has 0 amide bonds. The first kappa shape index (κ1) is 30.0. The molecule has 12 heteroatoms. The predicted octanol–water partition coefficient (Wildman–Crippen LogP) is 5.30. The second-order valence-corrected chi connectivity index (χ2v) is 13.5. The molecule has 4 aromatic rings. The maximum Gasteiger partial charge on any atom is 0.337 e. The van der Waals surface area contributed by atoms with Crippen molar-refractivity contribution in [3.63, 3.8) is 0 Å². The van der Waals surface area contributed by atoms with Crippen LogP contribution in [0.1, 0.15) is 48.1 Å². The van der Waals surface area contributed by atoms with Crippen molar-refractivity contribution in [2.75, 3.05) is 38.3 Å². The van der Waals surface area contributed by atoms with Crippen molar-refractivity contribution in [3.8, 4) is 17.6 Å². The lowest BCUT2D eigenvalue weighted by Gasteiger charge is -2.44. The number of aromatic nitrogens is 3. The number of halogens is 1. The lowest BCUT2D eigenvalue weighted by atomic mass is 10.0. The Kier molecular flexibility index (Phi) is 7.28. The summed E-state index contributed by atoms with van der Waals surface area (Å²) in [4.78, 5) is 26.8. The summed E-state index contributed by atoms with van der Waals surface area (Å²) in [5.74, 6) is 0.836. The molecule has 11 nitrogen and oxygen atoms in total. The Morgan fingerprint density at radius 2 is 1.98 bits per heavy atom. The van der Waals surface area contributed by atoms with Crippen LogP contribution in [0.2, 0.25) is 5.02 Å². The van der Waals surface area contributed by atoms with E-state index in [1.807, 2.05) is 37.3 Å². The van der Waals surface area contributed by atoms with Crippen LogP contribution in [0.25, 0.3) is 11.0 Å². The summed E-state index contributed by atoms with van der Waals surface area (Å²) in [5.41, 5.74) is 3.76. The zero-order valence-corrected chi connectivity index (χ0v) is 27.1. The molecule has 5 heterocycles. The van der Waals surface area contributed by atoms with Gasteiger partial charge in [0.25, 0.3) is 5.79 Å². The molecule has 8 rings (SSSR count). The van der Waals surface area contributed by atoms with E-state index in [0.717, 1.165) is 48.5 Å². The fourth-order valence-corrected chi connectivity index (χ4v) is 7.41. The number of imidazole rings is 1. The molecule has 0 radical (unpaired) electrons. The number of nitrogens with zero attached hydrogens (tertiary/aromatic N) is 6. The van der Waals surface area contributed by atoms with Gasteiger partial charge in [0, 0.05) is 44.6 Å². The lowest BCUT2D eigenvalue weighted by molar-refractivity contribution is -0.0716. The minimum Gasteiger partial charge on any atom is -0.465 e. The largest absolute Gasteiger partial charge is 0.465 e. The van der Waals surface area contributed by atoms with Gasteiger partial charge in [0.2, 0.25) is 0 Å². The van der Waals surface area contributed by atoms with E-state index in [0.29, 0.717) is 60.5 Å². The third kappa shape index (κ3) is 5.25. The van der Waals surface area contributed by atoms with Gasteiger partial charge in [-0.05, 0) is 55.3 Å². The third-order valence-corrected chi connectivity index (χ3v) is 10.3. The molecule has 1 saturated carbocycles. The van der Waals surface area contributed by atoms with Gasteiger partial charge in [0.1, 0.15) is 11.5 Å². The maximum atomic E-state index is 12.4. The summed E-state index contributed by atoms with van der Waals surface area (Å²) in [7, 11) is 1.39. The highest BCUT2D eigenvalue weighted by Crippen LogP contribution is 2.51. The fourth-order valence-electron chi connectivity index (χ4n) is 7.30. The van der Waals surface area contributed by atoms with E-state index >= 15 is 0 Å². The van der Waals surface area contributed by atoms with Gasteiger partial charge in [-0.25, -0.2) is 9.78 Å². The summed E-state index contributed by atoms with van der Waals surface area (Å²) < 4.78 is 26.2. The van der Waals surface area contributed by atoms with Gasteiger partial charge >= 0.3 is 5.97 Å². The maximum absolute atomic E-state index is 12.4. The first-order valence-corrected chi connectivity index (χ1v) is 16.3. The Morgan fingerprint density at radius 3 is 2.74 bits per heavy atom. The van der Waals surface area contributed by atoms with Gasteiger partial charge in [0.15, 0.2) is 11.5 Å². The molecule has 3 unspecified atom stereocenters. The third-order valence-electron chi connectivity index (χ3n) is 10.1. The SMILES string of the molecule is COC(=O)c1ccc2nc(CN3CCN(c4cccc5c4OC(C)(c4ccc(Cl)cn4)O5)C4COCC43)n(CC3(CC#N)CC3)c2c1. The van der Waals surface area contributed by atoms with E-state index in [-0.39, 0.29) is 23.5 Å². The molecule has 2 aromatic carbocycles. The predicted molar refractivity (Wildman–Crippen MR) is 173 cm³/mol. The zero-order chi connectivity index (χ0) is 32.3. The smallest absolute Gasteiger partial charge is 0.337 e. The first-order valence-electron chi connectivity index (χ1n) is 16.0. The van der Waals surface area contributed by atoms with Gasteiger partial charge < -0.3 is 28.4 Å². The number of nitriles is 1. The number of hydrogen-bond donors (Lipinski definition) is 0. The number of para-hydroxylation sites is 1. The number of methoxy groups -OCH3 is 1. The van der Waals surface area contributed by atoms with Crippen LogP contribution in [-0.4, -0.2) is 70.9 Å². The van der Waals surface area contributed by atoms with Gasteiger partial charge in [-0.1, -0.05) is 17.7 Å². The van der Waals surface area contributed by atoms with Crippen molar-refractivity contribution in [2.24, 2.45) is 5.41 Å². The second kappa shape index (κ2) is 11.4. The number of hydrogen-bond acceptors (Lipinski definition) is 10. The molecular weight excluding hydrogens is 620 g/mol. The number of carbonyl (C=O) groups excluding carboxylic acids is 1. The highest BCUT2D eigenvalue weighted by atomic mass is 35.5. The Balaban J connectivity index is 1.08. The number of benzene rings is 2. The lowest BCUT2D eigenvalue weighted by Crippen LogP contribution is -2.59. The van der Waals surface area contributed by atoms with Gasteiger partial charge in [-0.3, -0.25) is 9.88 Å². The quantitative estimate of drug-likeness (QED) is 0.232. The molecule has 3 aliphatic heterocycles. The molecule has 0 N–H and O–H groups in total. The van der Waals surface area contributed by atoms with Gasteiger partial charge in [0.05, 0.1) is 72.3 Å². The number of piperazine rings is 1. The number of fused-ring (bicyclic) bond motifs is 3. The Morgan fingerprint density at radius 1 is 1.13 bits per heavy atom. The topological polar surface area (TPSA) is 115 Å². The number of carbonyl (C=O) groups is 1. The van der Waals surface area contributed by atoms with E-state index in [1.165, 1.54) is 7.11 Å². The number of esters is 1. The standard InChI is InChI=1S/C35H35ClN6O5/c1-34(30-9-7-23(36)17-38-30)46-29-5-3-4-25(32(29)47-34)41-15-14-40(27-19-45-20-28(27)41)18-31-39-24-8-6-22(33(43)44-2)16-26(24)42(31)21-35(10-11-35)12-13-37/h3-9,16-17,27-28H,10-12,14-15,18-21H2,1-2H3. The van der Waals surface area contributed by atoms with Crippen molar-refractivity contribution in [1.82, 2.24) is 19.4 Å². The van der Waals surface area contributed by atoms with Crippen LogP contribution in [0.15, 0.2) is 54.7 Å². The van der Waals surface area contributed by atoms with Crippen LogP contribution in [0, 0.1) is 16.7 Å². The van der Waals surface area contributed by atoms with Crippen molar-refractivity contribution < 1.29 is 23.7 Å². The van der Waals surface area contributed by atoms with Crippen LogP contribution in [-0.2, 0) is 28.4 Å². The van der Waals surface area contributed by atoms with Crippen molar-refractivity contribution in [1.29, 1.82) is 5.26 Å². The van der Waals surface area contributed by atoms with Crippen molar-refractivity contribution in [3.05, 3.63) is 76.8 Å². The normalized spacial score (nSPS) is 24.3. The van der Waals surface area contributed by atoms with E-state index in [2.05, 4.69) is 31.5 Å². The summed E-state index contributed by atoms with van der Waals surface area (Å²) in [6, 6.07) is 17.7. The zero-order valence-electron chi connectivity index (χ0n) is 26.3. The van der Waals surface area contributed by atoms with Crippen LogP contribution < -0.4 is 14.4 Å². The highest BCUT2D eigenvalue weighted by molar-refractivity contribution is 6.30. The van der Waals surface area contributed by atoms with Crippen LogP contribution >= 0.6 is 11.6 Å². The molecule has 1 aliphatic carbocycles. The molecule has 0 spiro atoms. The van der Waals surface area contributed by atoms with E-state index in [4.69, 9.17) is 35.5 Å². The Hall–Kier alpha value is -4.37. The molecule has 242 valence electrons. The molecule has 0 bridgehead atoms. The summed E-state index contributed by atoms with van der Waals surface area (Å²) >= 11 is 6.09. The molecule has 47 heavy (non-hydrogen) atoms. The summed E-state index contributed by atoms with van der Waals surface area (Å²) in [5, 5.41) is 10.1. The second-order valence-electron chi connectivity index (χ2n) is 13.1. The Bertz CT molecular complexity index is 1900. The number of anilines is 1. The number of ether oxygens (including phenoxy) is 4. The first-order chi connectivity index (χ1) is 22.8. The minimum atomic E-state index is -1.08. The molecule has 3 fully saturated rings. The van der Waals surface area contributed by atoms with Crippen molar-refractivity contribution >= 4 is 34.3 Å². The highest BCUT2D eigenvalue weighted by Gasteiger charge is 2.47. The van der Waals surface area contributed by atoms with Crippen LogP contribution in [0.4, 0.5) is 5.69 Å². The van der Waals surface area contributed by atoms with Gasteiger partial charge in [-0.15, -0.1) is 0 Å². The minimum absolute atomic E-state index is 0.0537. The number of rotatable bonds is 8. The number of pyridine rings is 1. The van der Waals surface area contributed by atoms with Gasteiger partial charge in [-0.2, -0.15) is 5.26 Å². The molecule has 4 aliphatic rings. The van der Waals surface area contributed by atoms with Crippen LogP contribution in [0.3, 0.4) is 0 Å². The average Bonchev–Trinajstić information content (AvgIpc) is 3.36. The van der Waals surface area contributed by atoms with Crippen molar-refractivity contribution in [2.45, 2.75) is 57.1 Å². The monoisotopic (exact) mass is 654 g/mol. The fraction of sp³-hybridized carbons (Fsp3) is 0.429. The average molecular weight is 655 g/mol. The Labute approximate surface area is 277 Å².